The summed E-state index contributed by atoms with van der Waals surface area (Å²) in [5.41, 5.74) is 3.80. The van der Waals surface area contributed by atoms with E-state index in [0.29, 0.717) is 27.0 Å². The van der Waals surface area contributed by atoms with E-state index in [4.69, 9.17) is 32.7 Å². The average Bonchev–Trinajstić information content (AvgIpc) is 3.45. The smallest absolute Gasteiger partial charge is 0.214 e. The minimum absolute atomic E-state index is 0.406. The number of aromatic nitrogens is 6. The van der Waals surface area contributed by atoms with Crippen LogP contribution in [-0.4, -0.2) is 67.7 Å². The van der Waals surface area contributed by atoms with Crippen molar-refractivity contribution in [3.05, 3.63) is 52.5 Å². The second-order valence-electron chi connectivity index (χ2n) is 7.84. The Morgan fingerprint density at radius 1 is 1.12 bits per heavy atom. The van der Waals surface area contributed by atoms with Gasteiger partial charge in [-0.3, -0.25) is 19.7 Å². The van der Waals surface area contributed by atoms with Gasteiger partial charge in [0.1, 0.15) is 17.3 Å². The fraction of sp³-hybridized carbons (Fsp3) is 0.364. The van der Waals surface area contributed by atoms with Gasteiger partial charge in [0, 0.05) is 55.4 Å². The van der Waals surface area contributed by atoms with E-state index < -0.39 is 6.10 Å². The van der Waals surface area contributed by atoms with Gasteiger partial charge in [0.05, 0.1) is 41.5 Å². The van der Waals surface area contributed by atoms with E-state index in [1.165, 1.54) is 0 Å². The SMILES string of the molecule is C[C@@H](Oc1ccc2[nH]nc(-c3cnn(CCN4CCOCC4)c3)c2n1)c1c(Cl)cncc1Cl. The van der Waals surface area contributed by atoms with Crippen molar-refractivity contribution in [2.24, 2.45) is 0 Å². The lowest BCUT2D eigenvalue weighted by atomic mass is 10.2. The van der Waals surface area contributed by atoms with Crippen LogP contribution in [-0.2, 0) is 11.3 Å². The molecule has 1 saturated heterocycles. The normalized spacial score (nSPS) is 15.7. The lowest BCUT2D eigenvalue weighted by Gasteiger charge is -2.26. The minimum Gasteiger partial charge on any atom is -0.470 e. The molecular weight excluding hydrogens is 465 g/mol. The largest absolute Gasteiger partial charge is 0.470 e. The Morgan fingerprint density at radius 2 is 1.91 bits per heavy atom. The molecule has 0 aliphatic carbocycles. The van der Waals surface area contributed by atoms with Crippen LogP contribution in [0.25, 0.3) is 22.3 Å². The first kappa shape index (κ1) is 22.1. The van der Waals surface area contributed by atoms with Crippen LogP contribution in [0, 0.1) is 0 Å². The third kappa shape index (κ3) is 4.81. The second-order valence-corrected chi connectivity index (χ2v) is 8.66. The van der Waals surface area contributed by atoms with Crippen molar-refractivity contribution in [1.29, 1.82) is 0 Å². The van der Waals surface area contributed by atoms with Crippen LogP contribution in [0.5, 0.6) is 5.88 Å². The summed E-state index contributed by atoms with van der Waals surface area (Å²) >= 11 is 12.5. The van der Waals surface area contributed by atoms with Gasteiger partial charge in [-0.1, -0.05) is 23.2 Å². The molecular formula is C22H23Cl2N7O2. The number of aromatic amines is 1. The molecule has 9 nitrogen and oxygen atoms in total. The number of halogens is 2. The van der Waals surface area contributed by atoms with Crippen LogP contribution in [0.3, 0.4) is 0 Å². The molecule has 33 heavy (non-hydrogen) atoms. The van der Waals surface area contributed by atoms with Gasteiger partial charge >= 0.3 is 0 Å². The average molecular weight is 488 g/mol. The number of H-pyrrole nitrogens is 1. The third-order valence-corrected chi connectivity index (χ3v) is 6.23. The number of hydrogen-bond donors (Lipinski definition) is 1. The van der Waals surface area contributed by atoms with Crippen LogP contribution in [0.15, 0.2) is 36.9 Å². The van der Waals surface area contributed by atoms with Gasteiger partial charge in [0.15, 0.2) is 0 Å². The Hall–Kier alpha value is -2.72. The first-order chi connectivity index (χ1) is 16.1. The predicted molar refractivity (Wildman–Crippen MR) is 126 cm³/mol. The zero-order valence-electron chi connectivity index (χ0n) is 18.0. The highest BCUT2D eigenvalue weighted by Crippen LogP contribution is 2.33. The van der Waals surface area contributed by atoms with Gasteiger partial charge in [0.25, 0.3) is 0 Å². The van der Waals surface area contributed by atoms with Gasteiger partial charge in [-0.25, -0.2) is 4.98 Å². The third-order valence-electron chi connectivity index (χ3n) is 5.63. The summed E-state index contributed by atoms with van der Waals surface area (Å²) in [5, 5.41) is 12.9. The number of nitrogens with one attached hydrogen (secondary N) is 1. The van der Waals surface area contributed by atoms with Gasteiger partial charge in [-0.2, -0.15) is 10.2 Å². The summed E-state index contributed by atoms with van der Waals surface area (Å²) in [5.74, 6) is 0.446. The lowest BCUT2D eigenvalue weighted by Crippen LogP contribution is -2.38. The maximum Gasteiger partial charge on any atom is 0.214 e. The van der Waals surface area contributed by atoms with Gasteiger partial charge < -0.3 is 9.47 Å². The molecule has 0 spiro atoms. The first-order valence-corrected chi connectivity index (χ1v) is 11.5. The predicted octanol–water partition coefficient (Wildman–Crippen LogP) is 4.00. The summed E-state index contributed by atoms with van der Waals surface area (Å²) < 4.78 is 13.4. The zero-order valence-corrected chi connectivity index (χ0v) is 19.6. The highest BCUT2D eigenvalue weighted by Gasteiger charge is 2.18. The molecule has 1 atom stereocenters. The molecule has 5 rings (SSSR count). The fourth-order valence-electron chi connectivity index (χ4n) is 3.87. The molecule has 5 heterocycles. The molecule has 172 valence electrons. The standard InChI is InChI=1S/C22H23Cl2N7O2/c1-14(20-16(23)11-25-12-17(20)24)33-19-3-2-18-22(27-19)21(29-28-18)15-10-26-31(13-15)5-4-30-6-8-32-9-7-30/h2-3,10-14H,4-9H2,1H3,(H,28,29)/t14-/m1/s1. The molecule has 0 unspecified atom stereocenters. The van der Waals surface area contributed by atoms with E-state index in [9.17, 15) is 0 Å². The molecule has 1 aliphatic rings. The second kappa shape index (κ2) is 9.64. The molecule has 0 amide bonds. The molecule has 1 aliphatic heterocycles. The van der Waals surface area contributed by atoms with Gasteiger partial charge in [0.2, 0.25) is 5.88 Å². The maximum absolute atomic E-state index is 6.27. The summed E-state index contributed by atoms with van der Waals surface area (Å²) in [6, 6.07) is 3.68. The number of fused-ring (bicyclic) bond motifs is 1. The maximum atomic E-state index is 6.27. The molecule has 0 radical (unpaired) electrons. The molecule has 1 fully saturated rings. The van der Waals surface area contributed by atoms with Crippen LogP contribution >= 0.6 is 23.2 Å². The Balaban J connectivity index is 1.34. The summed E-state index contributed by atoms with van der Waals surface area (Å²) in [4.78, 5) is 11.1. The topological polar surface area (TPSA) is 94.0 Å². The molecule has 0 aromatic carbocycles. The molecule has 11 heteroatoms. The molecule has 4 aromatic heterocycles. The zero-order chi connectivity index (χ0) is 22.8. The van der Waals surface area contributed by atoms with Crippen molar-refractivity contribution in [3.8, 4) is 17.1 Å². The molecule has 0 bridgehead atoms. The van der Waals surface area contributed by atoms with Gasteiger partial charge in [-0.15, -0.1) is 0 Å². The summed E-state index contributed by atoms with van der Waals surface area (Å²) in [7, 11) is 0. The quantitative estimate of drug-likeness (QED) is 0.420. The number of hydrogen-bond acceptors (Lipinski definition) is 7. The Labute approximate surface area is 200 Å². The Morgan fingerprint density at radius 3 is 2.70 bits per heavy atom. The van der Waals surface area contributed by atoms with E-state index in [0.717, 1.165) is 56.2 Å². The van der Waals surface area contributed by atoms with Crippen LogP contribution in [0.1, 0.15) is 18.6 Å². The molecule has 1 N–H and O–H groups in total. The van der Waals surface area contributed by atoms with Gasteiger partial charge in [-0.05, 0) is 13.0 Å². The monoisotopic (exact) mass is 487 g/mol. The van der Waals surface area contributed by atoms with Crippen molar-refractivity contribution < 1.29 is 9.47 Å². The minimum atomic E-state index is -0.406. The molecule has 0 saturated carbocycles. The van der Waals surface area contributed by atoms with Crippen molar-refractivity contribution in [3.63, 3.8) is 0 Å². The first-order valence-electron chi connectivity index (χ1n) is 10.7. The van der Waals surface area contributed by atoms with E-state index in [1.807, 2.05) is 30.1 Å². The van der Waals surface area contributed by atoms with E-state index in [-0.39, 0.29) is 0 Å². The van der Waals surface area contributed by atoms with Crippen molar-refractivity contribution >= 4 is 34.2 Å². The number of pyridine rings is 2. The van der Waals surface area contributed by atoms with Crippen LogP contribution in [0.4, 0.5) is 0 Å². The van der Waals surface area contributed by atoms with Crippen LogP contribution in [0.2, 0.25) is 10.0 Å². The fourth-order valence-corrected chi connectivity index (χ4v) is 4.55. The Kier molecular flexibility index (Phi) is 6.45. The Bertz CT molecular complexity index is 1230. The van der Waals surface area contributed by atoms with E-state index >= 15 is 0 Å². The number of morpholine rings is 1. The van der Waals surface area contributed by atoms with Crippen molar-refractivity contribution in [2.75, 3.05) is 32.8 Å². The highest BCUT2D eigenvalue weighted by atomic mass is 35.5. The summed E-state index contributed by atoms with van der Waals surface area (Å²) in [6.45, 7) is 7.09. The number of ether oxygens (including phenoxy) is 2. The van der Waals surface area contributed by atoms with E-state index in [1.54, 1.807) is 18.5 Å². The summed E-state index contributed by atoms with van der Waals surface area (Å²) in [6.07, 6.45) is 6.48. The van der Waals surface area contributed by atoms with E-state index in [2.05, 4.69) is 30.2 Å². The molecule has 4 aromatic rings. The number of rotatable bonds is 7. The van der Waals surface area contributed by atoms with Crippen molar-refractivity contribution in [1.82, 2.24) is 34.8 Å². The van der Waals surface area contributed by atoms with Crippen LogP contribution < -0.4 is 4.74 Å². The lowest BCUT2D eigenvalue weighted by molar-refractivity contribution is 0.0360. The highest BCUT2D eigenvalue weighted by molar-refractivity contribution is 6.35. The number of nitrogens with zero attached hydrogens (tertiary/aromatic N) is 6. The van der Waals surface area contributed by atoms with Crippen molar-refractivity contribution in [2.45, 2.75) is 19.6 Å².